The molecule has 0 unspecified atom stereocenters. The van der Waals surface area contributed by atoms with Gasteiger partial charge < -0.3 is 15.0 Å². The molecule has 4 heteroatoms. The Morgan fingerprint density at radius 3 is 2.63 bits per heavy atom. The molecule has 0 saturated carbocycles. The Labute approximate surface area is 178 Å². The summed E-state index contributed by atoms with van der Waals surface area (Å²) in [6.45, 7) is 2.43. The molecular formula is C26H27N2O2. The molecule has 1 radical (unpaired) electrons. The average molecular weight is 400 g/mol. The zero-order chi connectivity index (χ0) is 20.6. The van der Waals surface area contributed by atoms with Crippen molar-refractivity contribution >= 4 is 5.91 Å². The molecule has 1 atom stereocenters. The third-order valence-corrected chi connectivity index (χ3v) is 5.48. The Bertz CT molecular complexity index is 944. The maximum absolute atomic E-state index is 13.1. The van der Waals surface area contributed by atoms with Crippen LogP contribution in [0, 0.1) is 6.07 Å². The Morgan fingerprint density at radius 2 is 1.80 bits per heavy atom. The van der Waals surface area contributed by atoms with E-state index in [0.29, 0.717) is 12.8 Å². The van der Waals surface area contributed by atoms with E-state index in [9.17, 15) is 4.79 Å². The molecular weight excluding hydrogens is 372 g/mol. The quantitative estimate of drug-likeness (QED) is 0.646. The molecule has 4 nitrogen and oxygen atoms in total. The Hall–Kier alpha value is -3.11. The number of nitrogens with one attached hydrogen (secondary N) is 1. The van der Waals surface area contributed by atoms with Crippen LogP contribution in [0.1, 0.15) is 17.5 Å². The molecule has 153 valence electrons. The third-order valence-electron chi connectivity index (χ3n) is 5.48. The first-order chi connectivity index (χ1) is 14.8. The topological polar surface area (TPSA) is 41.6 Å². The highest BCUT2D eigenvalue weighted by molar-refractivity contribution is 5.77. The molecule has 1 fully saturated rings. The van der Waals surface area contributed by atoms with E-state index < -0.39 is 0 Å². The highest BCUT2D eigenvalue weighted by atomic mass is 16.5. The molecule has 1 aliphatic heterocycles. The summed E-state index contributed by atoms with van der Waals surface area (Å²) in [7, 11) is 0. The molecule has 4 rings (SSSR count). The van der Waals surface area contributed by atoms with Crippen LogP contribution in [0.25, 0.3) is 0 Å². The molecule has 3 aromatic rings. The lowest BCUT2D eigenvalue weighted by Crippen LogP contribution is -2.54. The van der Waals surface area contributed by atoms with Crippen LogP contribution in [0.4, 0.5) is 0 Å². The Kier molecular flexibility index (Phi) is 6.78. The van der Waals surface area contributed by atoms with Gasteiger partial charge in [0.15, 0.2) is 0 Å². The normalized spacial score (nSPS) is 16.3. The molecule has 1 saturated heterocycles. The Balaban J connectivity index is 1.40. The van der Waals surface area contributed by atoms with Gasteiger partial charge in [-0.3, -0.25) is 4.79 Å². The van der Waals surface area contributed by atoms with Crippen LogP contribution >= 0.6 is 0 Å². The molecule has 1 N–H and O–H groups in total. The second-order valence-electron chi connectivity index (χ2n) is 7.58. The smallest absolute Gasteiger partial charge is 0.223 e. The highest BCUT2D eigenvalue weighted by Gasteiger charge is 2.26. The minimum Gasteiger partial charge on any atom is -0.457 e. The third kappa shape index (κ3) is 5.28. The van der Waals surface area contributed by atoms with Gasteiger partial charge in [0, 0.05) is 32.1 Å². The molecule has 1 aliphatic rings. The SMILES string of the molecule is O=C(CCc1ccccc1Oc1ccccc1)N1CCNC[C@H]1Cc1cc[c]cc1. The van der Waals surface area contributed by atoms with Crippen LogP contribution in [0.3, 0.4) is 0 Å². The van der Waals surface area contributed by atoms with E-state index in [-0.39, 0.29) is 11.9 Å². The fraction of sp³-hybridized carbons (Fsp3) is 0.269. The van der Waals surface area contributed by atoms with Crippen molar-refractivity contribution in [1.29, 1.82) is 0 Å². The summed E-state index contributed by atoms with van der Waals surface area (Å²) in [5.41, 5.74) is 2.29. The fourth-order valence-electron chi connectivity index (χ4n) is 3.91. The predicted octanol–water partition coefficient (Wildman–Crippen LogP) is 4.25. The van der Waals surface area contributed by atoms with Crippen LogP contribution in [0.15, 0.2) is 78.9 Å². The van der Waals surface area contributed by atoms with E-state index in [1.54, 1.807) is 0 Å². The minimum atomic E-state index is 0.185. The first-order valence-corrected chi connectivity index (χ1v) is 10.6. The monoisotopic (exact) mass is 399 g/mol. The summed E-state index contributed by atoms with van der Waals surface area (Å²) >= 11 is 0. The number of benzene rings is 3. The van der Waals surface area contributed by atoms with Crippen molar-refractivity contribution < 1.29 is 9.53 Å². The van der Waals surface area contributed by atoms with Crippen LogP contribution in [-0.2, 0) is 17.6 Å². The molecule has 30 heavy (non-hydrogen) atoms. The van der Waals surface area contributed by atoms with Crippen molar-refractivity contribution in [3.63, 3.8) is 0 Å². The summed E-state index contributed by atoms with van der Waals surface area (Å²) in [5.74, 6) is 1.82. The van der Waals surface area contributed by atoms with Gasteiger partial charge in [-0.15, -0.1) is 0 Å². The van der Waals surface area contributed by atoms with Crippen molar-refractivity contribution in [2.45, 2.75) is 25.3 Å². The number of amides is 1. The van der Waals surface area contributed by atoms with Gasteiger partial charge in [-0.1, -0.05) is 60.7 Å². The minimum absolute atomic E-state index is 0.185. The van der Waals surface area contributed by atoms with E-state index in [2.05, 4.69) is 23.5 Å². The summed E-state index contributed by atoms with van der Waals surface area (Å²) in [5, 5.41) is 3.43. The summed E-state index contributed by atoms with van der Waals surface area (Å²) in [6.07, 6.45) is 2.01. The summed E-state index contributed by atoms with van der Waals surface area (Å²) < 4.78 is 6.05. The number of hydrogen-bond acceptors (Lipinski definition) is 3. The van der Waals surface area contributed by atoms with E-state index >= 15 is 0 Å². The van der Waals surface area contributed by atoms with Gasteiger partial charge in [0.2, 0.25) is 5.91 Å². The summed E-state index contributed by atoms with van der Waals surface area (Å²) in [4.78, 5) is 15.1. The molecule has 0 bridgehead atoms. The number of piperazine rings is 1. The zero-order valence-corrected chi connectivity index (χ0v) is 17.1. The van der Waals surface area contributed by atoms with E-state index in [0.717, 1.165) is 43.1 Å². The molecule has 0 aromatic heterocycles. The first-order valence-electron chi connectivity index (χ1n) is 10.6. The largest absolute Gasteiger partial charge is 0.457 e. The van der Waals surface area contributed by atoms with Crippen molar-refractivity contribution in [3.8, 4) is 11.5 Å². The number of nitrogens with zero attached hydrogens (tertiary/aromatic N) is 1. The lowest BCUT2D eigenvalue weighted by atomic mass is 10.0. The molecule has 1 heterocycles. The predicted molar refractivity (Wildman–Crippen MR) is 119 cm³/mol. The van der Waals surface area contributed by atoms with E-state index in [1.165, 1.54) is 5.56 Å². The number of ether oxygens (including phenoxy) is 1. The molecule has 0 spiro atoms. The average Bonchev–Trinajstić information content (AvgIpc) is 2.80. The number of carbonyl (C=O) groups excluding carboxylic acids is 1. The number of para-hydroxylation sites is 2. The maximum Gasteiger partial charge on any atom is 0.223 e. The van der Waals surface area contributed by atoms with Crippen molar-refractivity contribution in [2.24, 2.45) is 0 Å². The zero-order valence-electron chi connectivity index (χ0n) is 17.1. The second-order valence-corrected chi connectivity index (χ2v) is 7.58. The van der Waals surface area contributed by atoms with Gasteiger partial charge in [0.25, 0.3) is 0 Å². The molecule has 0 aliphatic carbocycles. The van der Waals surface area contributed by atoms with Crippen molar-refractivity contribution in [2.75, 3.05) is 19.6 Å². The van der Waals surface area contributed by atoms with Gasteiger partial charge in [-0.2, -0.15) is 0 Å². The van der Waals surface area contributed by atoms with Crippen LogP contribution in [0.2, 0.25) is 0 Å². The van der Waals surface area contributed by atoms with Crippen LogP contribution < -0.4 is 10.1 Å². The van der Waals surface area contributed by atoms with E-state index in [1.807, 2.05) is 71.6 Å². The molecule has 3 aromatic carbocycles. The number of carbonyl (C=O) groups is 1. The lowest BCUT2D eigenvalue weighted by molar-refractivity contribution is -0.134. The standard InChI is InChI=1S/C26H27N2O2/c29-26(28-18-17-27-20-23(28)19-21-9-3-1-4-10-21)16-15-22-11-7-8-14-25(22)30-24-12-5-2-6-13-24/h2-14,23,27H,15-20H2/t23-/m1/s1. The Morgan fingerprint density at radius 1 is 1.03 bits per heavy atom. The van der Waals surface area contributed by atoms with Crippen molar-refractivity contribution in [3.05, 3.63) is 96.1 Å². The van der Waals surface area contributed by atoms with Gasteiger partial charge >= 0.3 is 0 Å². The molecule has 1 amide bonds. The maximum atomic E-state index is 13.1. The fourth-order valence-corrected chi connectivity index (χ4v) is 3.91. The highest BCUT2D eigenvalue weighted by Crippen LogP contribution is 2.26. The van der Waals surface area contributed by atoms with E-state index in [4.69, 9.17) is 4.74 Å². The first kappa shape index (κ1) is 20.2. The second kappa shape index (κ2) is 10.1. The van der Waals surface area contributed by atoms with Crippen LogP contribution in [-0.4, -0.2) is 36.5 Å². The van der Waals surface area contributed by atoms with Crippen LogP contribution in [0.5, 0.6) is 11.5 Å². The number of hydrogen-bond donors (Lipinski definition) is 1. The van der Waals surface area contributed by atoms with Gasteiger partial charge in [-0.05, 0) is 48.2 Å². The van der Waals surface area contributed by atoms with Gasteiger partial charge in [-0.25, -0.2) is 0 Å². The van der Waals surface area contributed by atoms with Gasteiger partial charge in [0.05, 0.1) is 0 Å². The van der Waals surface area contributed by atoms with Crippen molar-refractivity contribution in [1.82, 2.24) is 10.2 Å². The lowest BCUT2D eigenvalue weighted by Gasteiger charge is -2.36. The van der Waals surface area contributed by atoms with Gasteiger partial charge in [0.1, 0.15) is 11.5 Å². The number of aryl methyl sites for hydroxylation is 1. The number of rotatable bonds is 7. The summed E-state index contributed by atoms with van der Waals surface area (Å²) in [6, 6.07) is 29.0.